The molecule has 2 N–H and O–H groups in total. The number of rotatable bonds is 6. The third-order valence-corrected chi connectivity index (χ3v) is 6.11. The number of fused-ring (bicyclic) bond motifs is 1. The molecule has 162 valence electrons. The Hall–Kier alpha value is -2.77. The summed E-state index contributed by atoms with van der Waals surface area (Å²) in [5.74, 6) is 0.185. The molecule has 2 heterocycles. The van der Waals surface area contributed by atoms with E-state index in [1.54, 1.807) is 23.1 Å². The highest BCUT2D eigenvalue weighted by Gasteiger charge is 2.38. The van der Waals surface area contributed by atoms with Gasteiger partial charge in [0.15, 0.2) is 11.5 Å². The van der Waals surface area contributed by atoms with E-state index in [2.05, 4.69) is 10.6 Å². The van der Waals surface area contributed by atoms with Crippen LogP contribution in [-0.4, -0.2) is 43.1 Å². The van der Waals surface area contributed by atoms with Crippen LogP contribution in [0.25, 0.3) is 0 Å². The largest absolute Gasteiger partial charge is 0.454 e. The van der Waals surface area contributed by atoms with Crippen molar-refractivity contribution in [3.8, 4) is 11.5 Å². The highest BCUT2D eigenvalue weighted by molar-refractivity contribution is 6.01. The first-order valence-electron chi connectivity index (χ1n) is 10.7. The number of nitrogens with one attached hydrogen (secondary N) is 2. The molecule has 3 aliphatic rings. The summed E-state index contributed by atoms with van der Waals surface area (Å²) >= 11 is 0. The maximum Gasteiger partial charge on any atom is 0.243 e. The molecule has 0 bridgehead atoms. The fourth-order valence-corrected chi connectivity index (χ4v) is 4.35. The number of benzene rings is 1. The molecule has 8 nitrogen and oxygen atoms in total. The smallest absolute Gasteiger partial charge is 0.243 e. The first-order valence-corrected chi connectivity index (χ1v) is 10.7. The minimum Gasteiger partial charge on any atom is -0.454 e. The van der Waals surface area contributed by atoms with Gasteiger partial charge in [-0.05, 0) is 30.9 Å². The standard InChI is InChI=1S/C22H29N3O5/c1-13(2)20(22(28)23-15-5-3-4-6-15)24-21(27)14-9-19(26)25(11-14)16-7-8-17-18(10-16)30-12-29-17/h7-8,10,13-15,20H,3-6,9,11-12H2,1-2H3,(H,23,28)(H,24,27)/t14-,20-/m0/s1. The molecule has 1 aromatic rings. The van der Waals surface area contributed by atoms with Crippen LogP contribution in [0.5, 0.6) is 11.5 Å². The predicted molar refractivity (Wildman–Crippen MR) is 110 cm³/mol. The molecule has 0 spiro atoms. The number of anilines is 1. The van der Waals surface area contributed by atoms with Crippen molar-refractivity contribution in [2.75, 3.05) is 18.2 Å². The van der Waals surface area contributed by atoms with Crippen LogP contribution in [0.15, 0.2) is 18.2 Å². The molecule has 0 aromatic heterocycles. The second-order valence-electron chi connectivity index (χ2n) is 8.66. The Morgan fingerprint density at radius 3 is 2.60 bits per heavy atom. The van der Waals surface area contributed by atoms with Crippen molar-refractivity contribution >= 4 is 23.4 Å². The quantitative estimate of drug-likeness (QED) is 0.740. The molecule has 1 aliphatic carbocycles. The second kappa shape index (κ2) is 8.53. The number of carbonyl (C=O) groups excluding carboxylic acids is 3. The maximum absolute atomic E-state index is 12.9. The lowest BCUT2D eigenvalue weighted by atomic mass is 10.0. The summed E-state index contributed by atoms with van der Waals surface area (Å²) in [6.45, 7) is 4.27. The number of nitrogens with zero attached hydrogens (tertiary/aromatic N) is 1. The molecule has 2 aliphatic heterocycles. The lowest BCUT2D eigenvalue weighted by molar-refractivity contribution is -0.132. The molecule has 0 unspecified atom stereocenters. The van der Waals surface area contributed by atoms with Gasteiger partial charge in [0.2, 0.25) is 24.5 Å². The number of hydrogen-bond donors (Lipinski definition) is 2. The van der Waals surface area contributed by atoms with Gasteiger partial charge in [-0.3, -0.25) is 14.4 Å². The molecule has 2 atom stereocenters. The van der Waals surface area contributed by atoms with Crippen LogP contribution in [-0.2, 0) is 14.4 Å². The monoisotopic (exact) mass is 415 g/mol. The Balaban J connectivity index is 1.39. The fraction of sp³-hybridized carbons (Fsp3) is 0.591. The molecule has 8 heteroatoms. The van der Waals surface area contributed by atoms with Crippen molar-refractivity contribution in [3.63, 3.8) is 0 Å². The topological polar surface area (TPSA) is 97.0 Å². The Morgan fingerprint density at radius 2 is 1.87 bits per heavy atom. The summed E-state index contributed by atoms with van der Waals surface area (Å²) in [5.41, 5.74) is 0.680. The lowest BCUT2D eigenvalue weighted by Crippen LogP contribution is -2.53. The molecular weight excluding hydrogens is 386 g/mol. The van der Waals surface area contributed by atoms with Gasteiger partial charge in [0.25, 0.3) is 0 Å². The number of hydrogen-bond acceptors (Lipinski definition) is 5. The fourth-order valence-electron chi connectivity index (χ4n) is 4.35. The van der Waals surface area contributed by atoms with Gasteiger partial charge in [-0.1, -0.05) is 26.7 Å². The van der Waals surface area contributed by atoms with Crippen LogP contribution in [0.2, 0.25) is 0 Å². The van der Waals surface area contributed by atoms with Gasteiger partial charge >= 0.3 is 0 Å². The van der Waals surface area contributed by atoms with Gasteiger partial charge in [-0.15, -0.1) is 0 Å². The second-order valence-corrected chi connectivity index (χ2v) is 8.66. The summed E-state index contributed by atoms with van der Waals surface area (Å²) in [6, 6.07) is 4.91. The minimum absolute atomic E-state index is 0.0441. The van der Waals surface area contributed by atoms with Crippen molar-refractivity contribution in [2.45, 2.75) is 58.0 Å². The number of amides is 3. The van der Waals surface area contributed by atoms with Crippen molar-refractivity contribution < 1.29 is 23.9 Å². The van der Waals surface area contributed by atoms with E-state index in [1.165, 1.54) is 0 Å². The predicted octanol–water partition coefficient (Wildman–Crippen LogP) is 1.97. The first-order chi connectivity index (χ1) is 14.4. The summed E-state index contributed by atoms with van der Waals surface area (Å²) in [6.07, 6.45) is 4.36. The van der Waals surface area contributed by atoms with Gasteiger partial charge in [0, 0.05) is 30.8 Å². The summed E-state index contributed by atoms with van der Waals surface area (Å²) in [5, 5.41) is 5.96. The van der Waals surface area contributed by atoms with Gasteiger partial charge in [0.1, 0.15) is 6.04 Å². The Kier molecular flexibility index (Phi) is 5.83. The van der Waals surface area contributed by atoms with Crippen LogP contribution in [0.4, 0.5) is 5.69 Å². The lowest BCUT2D eigenvalue weighted by Gasteiger charge is -2.25. The molecule has 30 heavy (non-hydrogen) atoms. The zero-order valence-electron chi connectivity index (χ0n) is 17.5. The normalized spacial score (nSPS) is 21.9. The van der Waals surface area contributed by atoms with Gasteiger partial charge < -0.3 is 25.0 Å². The van der Waals surface area contributed by atoms with E-state index in [4.69, 9.17) is 9.47 Å². The molecule has 0 radical (unpaired) electrons. The third-order valence-electron chi connectivity index (χ3n) is 6.11. The average Bonchev–Trinajstić information content (AvgIpc) is 3.45. The van der Waals surface area contributed by atoms with Crippen molar-refractivity contribution in [1.29, 1.82) is 0 Å². The van der Waals surface area contributed by atoms with E-state index in [0.717, 1.165) is 25.7 Å². The van der Waals surface area contributed by atoms with Crippen LogP contribution >= 0.6 is 0 Å². The van der Waals surface area contributed by atoms with E-state index < -0.39 is 12.0 Å². The van der Waals surface area contributed by atoms with Crippen LogP contribution in [0, 0.1) is 11.8 Å². The average molecular weight is 415 g/mol. The van der Waals surface area contributed by atoms with Crippen molar-refractivity contribution in [2.24, 2.45) is 11.8 Å². The highest BCUT2D eigenvalue weighted by Crippen LogP contribution is 2.37. The summed E-state index contributed by atoms with van der Waals surface area (Å²) in [7, 11) is 0. The van der Waals surface area contributed by atoms with Crippen molar-refractivity contribution in [3.05, 3.63) is 18.2 Å². The Labute approximate surface area is 176 Å². The van der Waals surface area contributed by atoms with E-state index in [0.29, 0.717) is 17.2 Å². The van der Waals surface area contributed by atoms with E-state index >= 15 is 0 Å². The van der Waals surface area contributed by atoms with E-state index in [9.17, 15) is 14.4 Å². The third kappa shape index (κ3) is 4.22. The van der Waals surface area contributed by atoms with Gasteiger partial charge in [-0.2, -0.15) is 0 Å². The molecule has 3 amide bonds. The van der Waals surface area contributed by atoms with E-state index in [-0.39, 0.29) is 49.4 Å². The molecule has 4 rings (SSSR count). The minimum atomic E-state index is -0.604. The van der Waals surface area contributed by atoms with Crippen molar-refractivity contribution in [1.82, 2.24) is 10.6 Å². The molecule has 1 saturated carbocycles. The van der Waals surface area contributed by atoms with Gasteiger partial charge in [-0.25, -0.2) is 0 Å². The number of ether oxygens (including phenoxy) is 2. The van der Waals surface area contributed by atoms with E-state index in [1.807, 2.05) is 13.8 Å². The summed E-state index contributed by atoms with van der Waals surface area (Å²) < 4.78 is 10.7. The molecule has 1 aromatic carbocycles. The SMILES string of the molecule is CC(C)[C@H](NC(=O)[C@H]1CC(=O)N(c2ccc3c(c2)OCO3)C1)C(=O)NC1CCCC1. The highest BCUT2D eigenvalue weighted by atomic mass is 16.7. The first kappa shape index (κ1) is 20.5. The number of carbonyl (C=O) groups is 3. The molecular formula is C22H29N3O5. The van der Waals surface area contributed by atoms with Crippen LogP contribution < -0.4 is 25.0 Å². The Bertz CT molecular complexity index is 834. The summed E-state index contributed by atoms with van der Waals surface area (Å²) in [4.78, 5) is 39.8. The van der Waals surface area contributed by atoms with Crippen LogP contribution in [0.3, 0.4) is 0 Å². The van der Waals surface area contributed by atoms with Gasteiger partial charge in [0.05, 0.1) is 5.92 Å². The molecule has 1 saturated heterocycles. The zero-order chi connectivity index (χ0) is 21.3. The molecule has 2 fully saturated rings. The Morgan fingerprint density at radius 1 is 1.13 bits per heavy atom. The maximum atomic E-state index is 12.9. The zero-order valence-corrected chi connectivity index (χ0v) is 17.5. The van der Waals surface area contributed by atoms with Crippen LogP contribution in [0.1, 0.15) is 46.0 Å².